The van der Waals surface area contributed by atoms with Gasteiger partial charge >= 0.3 is 0 Å². The van der Waals surface area contributed by atoms with Crippen LogP contribution in [-0.4, -0.2) is 41.0 Å². The lowest BCUT2D eigenvalue weighted by Gasteiger charge is -2.42. The van der Waals surface area contributed by atoms with Crippen molar-refractivity contribution in [2.75, 3.05) is 55.7 Å². The Hall–Kier alpha value is -2.83. The standard InChI is InChI=1S/C25H32N3O4P/c1-26(2)20-6-10-22(11-7-20)28(23-12-8-21(9-13-23)27(3)4)24-14-16-25(17-15-24)32-18-5-19-33(29,30)31/h6-17H,5,18-19H2,1-4H3,(H2,29,30,31)/p-2. The SMILES string of the molecule is CN(C)c1ccc(N(c2ccc(OCCC[P+]([O-])([O-])[O-])cc2)c2ccc(N(C)C)cc2)cc1. The van der Waals surface area contributed by atoms with Gasteiger partial charge in [0, 0.05) is 69.2 Å². The van der Waals surface area contributed by atoms with Crippen molar-refractivity contribution in [3.8, 4) is 5.75 Å². The van der Waals surface area contributed by atoms with Crippen molar-refractivity contribution in [1.29, 1.82) is 0 Å². The van der Waals surface area contributed by atoms with E-state index in [4.69, 9.17) is 4.74 Å². The fraction of sp³-hybridized carbons (Fsp3) is 0.280. The van der Waals surface area contributed by atoms with Crippen molar-refractivity contribution >= 4 is 36.4 Å². The Bertz CT molecular complexity index is 950. The van der Waals surface area contributed by atoms with Crippen LogP contribution in [0.15, 0.2) is 72.8 Å². The van der Waals surface area contributed by atoms with Crippen LogP contribution in [0.25, 0.3) is 0 Å². The summed E-state index contributed by atoms with van der Waals surface area (Å²) in [6.45, 7) is 0.176. The van der Waals surface area contributed by atoms with E-state index in [2.05, 4.69) is 63.2 Å². The largest absolute Gasteiger partial charge is 0.688 e. The normalized spacial score (nSPS) is 11.2. The summed E-state index contributed by atoms with van der Waals surface area (Å²) in [5.41, 5.74) is 5.24. The second-order valence-corrected chi connectivity index (χ2v) is 9.86. The molecular weight excluding hydrogens is 437 g/mol. The molecule has 0 saturated carbocycles. The van der Waals surface area contributed by atoms with Gasteiger partial charge in [-0.1, -0.05) is 0 Å². The molecule has 3 aromatic carbocycles. The summed E-state index contributed by atoms with van der Waals surface area (Å²) in [5, 5.41) is 0. The summed E-state index contributed by atoms with van der Waals surface area (Å²) in [6, 6.07) is 24.3. The number of rotatable bonds is 10. The summed E-state index contributed by atoms with van der Waals surface area (Å²) in [4.78, 5) is 38.5. The molecule has 0 aliphatic carbocycles. The van der Waals surface area contributed by atoms with Gasteiger partial charge in [0.25, 0.3) is 0 Å². The Morgan fingerprint density at radius 3 is 1.33 bits per heavy atom. The van der Waals surface area contributed by atoms with Gasteiger partial charge in [-0.2, -0.15) is 7.94 Å². The Labute approximate surface area is 196 Å². The van der Waals surface area contributed by atoms with Crippen LogP contribution in [0.2, 0.25) is 0 Å². The van der Waals surface area contributed by atoms with Crippen LogP contribution in [0.5, 0.6) is 5.75 Å². The summed E-state index contributed by atoms with van der Waals surface area (Å²) < 4.78 is 5.60. The highest BCUT2D eigenvalue weighted by atomic mass is 31.2. The van der Waals surface area contributed by atoms with E-state index in [-0.39, 0.29) is 13.0 Å². The quantitative estimate of drug-likeness (QED) is 0.335. The van der Waals surface area contributed by atoms with Gasteiger partial charge in [-0.25, -0.2) is 0 Å². The number of hydrogen-bond acceptors (Lipinski definition) is 7. The molecule has 0 fully saturated rings. The molecule has 0 aliphatic rings. The van der Waals surface area contributed by atoms with Crippen molar-refractivity contribution in [2.24, 2.45) is 0 Å². The molecule has 176 valence electrons. The van der Waals surface area contributed by atoms with Crippen LogP contribution < -0.4 is 34.1 Å². The molecule has 0 unspecified atom stereocenters. The van der Waals surface area contributed by atoms with E-state index in [1.807, 2.05) is 52.5 Å². The number of hydrogen-bond donors (Lipinski definition) is 0. The smallest absolute Gasteiger partial charge is 0.119 e. The maximum atomic E-state index is 10.8. The van der Waals surface area contributed by atoms with E-state index >= 15 is 0 Å². The summed E-state index contributed by atoms with van der Waals surface area (Å²) in [7, 11) is 3.56. The van der Waals surface area contributed by atoms with E-state index < -0.39 is 14.1 Å². The fourth-order valence-electron chi connectivity index (χ4n) is 3.39. The van der Waals surface area contributed by atoms with Gasteiger partial charge in [0.1, 0.15) is 5.75 Å². The monoisotopic (exact) mass is 467 g/mol. The predicted octanol–water partition coefficient (Wildman–Crippen LogP) is 2.90. The molecule has 3 aromatic rings. The van der Waals surface area contributed by atoms with E-state index in [0.717, 1.165) is 28.4 Å². The molecule has 0 spiro atoms. The fourth-order valence-corrected chi connectivity index (χ4v) is 3.90. The molecular formula is C25H30N3O4P-2. The van der Waals surface area contributed by atoms with Gasteiger partial charge in [-0.05, 0) is 72.8 Å². The lowest BCUT2D eigenvalue weighted by molar-refractivity contribution is -0.427. The Morgan fingerprint density at radius 2 is 0.970 bits per heavy atom. The lowest BCUT2D eigenvalue weighted by atomic mass is 10.1. The molecule has 0 heterocycles. The number of ether oxygens (including phenoxy) is 1. The third-order valence-electron chi connectivity index (χ3n) is 5.19. The van der Waals surface area contributed by atoms with Gasteiger partial charge in [-0.15, -0.1) is 0 Å². The van der Waals surface area contributed by atoms with Crippen LogP contribution in [0.3, 0.4) is 0 Å². The Balaban J connectivity index is 1.84. The van der Waals surface area contributed by atoms with Crippen molar-refractivity contribution < 1.29 is 19.4 Å². The van der Waals surface area contributed by atoms with Crippen molar-refractivity contribution in [3.05, 3.63) is 72.8 Å². The molecule has 8 heteroatoms. The molecule has 0 radical (unpaired) electrons. The van der Waals surface area contributed by atoms with E-state index in [0.29, 0.717) is 5.75 Å². The van der Waals surface area contributed by atoms with Gasteiger partial charge in [0.2, 0.25) is 0 Å². The third kappa shape index (κ3) is 7.07. The van der Waals surface area contributed by atoms with Gasteiger partial charge < -0.3 is 34.1 Å². The number of benzene rings is 3. The first kappa shape index (κ1) is 24.8. The molecule has 0 bridgehead atoms. The second-order valence-electron chi connectivity index (χ2n) is 8.19. The van der Waals surface area contributed by atoms with Crippen LogP contribution in [-0.2, 0) is 0 Å². The molecule has 3 rings (SSSR count). The van der Waals surface area contributed by atoms with Crippen LogP contribution in [0.4, 0.5) is 28.4 Å². The molecule has 0 aliphatic heterocycles. The summed E-state index contributed by atoms with van der Waals surface area (Å²) in [6.07, 6.45) is -0.223. The van der Waals surface area contributed by atoms with Gasteiger partial charge in [0.05, 0.1) is 6.61 Å². The zero-order chi connectivity index (χ0) is 24.0. The van der Waals surface area contributed by atoms with Crippen molar-refractivity contribution in [3.63, 3.8) is 0 Å². The first-order valence-electron chi connectivity index (χ1n) is 10.7. The van der Waals surface area contributed by atoms with E-state index in [1.165, 1.54) is 0 Å². The van der Waals surface area contributed by atoms with Crippen molar-refractivity contribution in [1.82, 2.24) is 0 Å². The molecule has 7 nitrogen and oxygen atoms in total. The highest BCUT2D eigenvalue weighted by molar-refractivity contribution is 7.54. The highest BCUT2D eigenvalue weighted by Gasteiger charge is 2.13. The van der Waals surface area contributed by atoms with Gasteiger partial charge in [-0.3, -0.25) is 0 Å². The topological polar surface area (TPSA) is 88.1 Å². The van der Waals surface area contributed by atoms with Crippen molar-refractivity contribution in [2.45, 2.75) is 6.42 Å². The maximum absolute atomic E-state index is 10.8. The van der Waals surface area contributed by atoms with E-state index in [1.54, 1.807) is 0 Å². The average Bonchev–Trinajstić information content (AvgIpc) is 2.78. The molecule has 0 atom stereocenters. The second kappa shape index (κ2) is 10.9. The Kier molecular flexibility index (Phi) is 8.16. The number of nitrogens with zero attached hydrogens (tertiary/aromatic N) is 3. The zero-order valence-corrected chi connectivity index (χ0v) is 20.4. The third-order valence-corrected chi connectivity index (χ3v) is 6.05. The summed E-state index contributed by atoms with van der Waals surface area (Å²) >= 11 is 0. The Morgan fingerprint density at radius 1 is 0.606 bits per heavy atom. The molecule has 0 saturated heterocycles. The average molecular weight is 468 g/mol. The van der Waals surface area contributed by atoms with E-state index in [9.17, 15) is 14.7 Å². The molecule has 0 amide bonds. The minimum Gasteiger partial charge on any atom is -0.688 e. The highest BCUT2D eigenvalue weighted by Crippen LogP contribution is 2.36. The minimum atomic E-state index is -4.49. The maximum Gasteiger partial charge on any atom is 0.119 e. The lowest BCUT2D eigenvalue weighted by Crippen LogP contribution is -2.35. The first-order valence-corrected chi connectivity index (χ1v) is 12.5. The van der Waals surface area contributed by atoms with Crippen LogP contribution in [0, 0.1) is 0 Å². The van der Waals surface area contributed by atoms with Crippen LogP contribution in [0.1, 0.15) is 6.42 Å². The number of anilines is 5. The van der Waals surface area contributed by atoms with Gasteiger partial charge in [0.15, 0.2) is 0 Å². The molecule has 33 heavy (non-hydrogen) atoms. The molecule has 0 aromatic heterocycles. The van der Waals surface area contributed by atoms with Crippen LogP contribution >= 0.6 is 7.94 Å². The predicted molar refractivity (Wildman–Crippen MR) is 132 cm³/mol. The minimum absolute atomic E-state index is 0.175. The molecule has 0 N–H and O–H groups in total. The first-order chi connectivity index (χ1) is 15.6. The summed E-state index contributed by atoms with van der Waals surface area (Å²) in [5.74, 6) is 0.622. The zero-order valence-electron chi connectivity index (χ0n) is 19.5.